The van der Waals surface area contributed by atoms with Gasteiger partial charge in [0.25, 0.3) is 0 Å². The third-order valence-electron chi connectivity index (χ3n) is 3.54. The van der Waals surface area contributed by atoms with Gasteiger partial charge in [0.15, 0.2) is 11.6 Å². The zero-order valence-electron chi connectivity index (χ0n) is 14.1. The van der Waals surface area contributed by atoms with Crippen LogP contribution in [0.15, 0.2) is 48.7 Å². The van der Waals surface area contributed by atoms with E-state index in [9.17, 15) is 13.2 Å². The van der Waals surface area contributed by atoms with E-state index in [1.807, 2.05) is 13.0 Å². The molecule has 0 saturated carbocycles. The van der Waals surface area contributed by atoms with Crippen molar-refractivity contribution in [1.29, 1.82) is 0 Å². The summed E-state index contributed by atoms with van der Waals surface area (Å²) < 4.78 is 42.5. The van der Waals surface area contributed by atoms with Gasteiger partial charge in [-0.2, -0.15) is 5.10 Å². The van der Waals surface area contributed by atoms with Gasteiger partial charge in [0, 0.05) is 19.8 Å². The van der Waals surface area contributed by atoms with Crippen LogP contribution in [0.5, 0.6) is 5.75 Å². The van der Waals surface area contributed by atoms with Crippen LogP contribution in [0.2, 0.25) is 0 Å². The van der Waals surface area contributed by atoms with Gasteiger partial charge in [-0.05, 0) is 42.8 Å². The number of hydrogen-bond acceptors (Lipinski definition) is 5. The predicted octanol–water partition coefficient (Wildman–Crippen LogP) is 3.51. The average Bonchev–Trinajstić information content (AvgIpc) is 3.00. The molecule has 9 heteroatoms. The molecule has 0 atom stereocenters. The molecule has 0 aliphatic rings. The summed E-state index contributed by atoms with van der Waals surface area (Å²) >= 11 is 0. The molecule has 0 aliphatic carbocycles. The molecule has 136 valence electrons. The highest BCUT2D eigenvalue weighted by molar-refractivity contribution is 5.40. The Labute approximate surface area is 147 Å². The number of anilines is 1. The van der Waals surface area contributed by atoms with Gasteiger partial charge in [-0.1, -0.05) is 12.1 Å². The lowest BCUT2D eigenvalue weighted by Gasteiger charge is -2.18. The Balaban J connectivity index is 1.70. The van der Waals surface area contributed by atoms with Crippen LogP contribution in [0, 0.1) is 6.92 Å². The van der Waals surface area contributed by atoms with E-state index in [4.69, 9.17) is 0 Å². The van der Waals surface area contributed by atoms with Crippen molar-refractivity contribution in [2.75, 3.05) is 11.9 Å². The molecule has 0 saturated heterocycles. The summed E-state index contributed by atoms with van der Waals surface area (Å²) in [6.07, 6.45) is -2.93. The summed E-state index contributed by atoms with van der Waals surface area (Å²) in [5, 5.41) is 12.5. The topological polar surface area (TPSA) is 56.1 Å². The Morgan fingerprint density at radius 1 is 1.12 bits per heavy atom. The van der Waals surface area contributed by atoms with Gasteiger partial charge in [-0.15, -0.1) is 23.4 Å². The predicted molar refractivity (Wildman–Crippen MR) is 89.1 cm³/mol. The summed E-state index contributed by atoms with van der Waals surface area (Å²) in [6, 6.07) is 11.2. The molecule has 3 aromatic rings. The van der Waals surface area contributed by atoms with Crippen molar-refractivity contribution in [2.45, 2.75) is 19.8 Å². The molecule has 3 rings (SSSR count). The summed E-state index contributed by atoms with van der Waals surface area (Å²) in [7, 11) is 1.78. The maximum absolute atomic E-state index is 12.3. The quantitative estimate of drug-likeness (QED) is 0.694. The molecule has 0 amide bonds. The number of alkyl halides is 3. The number of hydrogen-bond donors (Lipinski definition) is 0. The molecule has 0 radical (unpaired) electrons. The lowest BCUT2D eigenvalue weighted by atomic mass is 10.2. The Hall–Kier alpha value is -3.10. The second kappa shape index (κ2) is 7.03. The summed E-state index contributed by atoms with van der Waals surface area (Å²) in [4.78, 5) is 1.78. The fourth-order valence-electron chi connectivity index (χ4n) is 2.38. The molecule has 1 aromatic carbocycles. The van der Waals surface area contributed by atoms with E-state index >= 15 is 0 Å². The minimum Gasteiger partial charge on any atom is -0.406 e. The number of benzene rings is 1. The molecule has 2 heterocycles. The third kappa shape index (κ3) is 4.50. The second-order valence-electron chi connectivity index (χ2n) is 5.70. The number of aromatic nitrogens is 4. The van der Waals surface area contributed by atoms with Gasteiger partial charge in [0.1, 0.15) is 5.75 Å². The van der Waals surface area contributed by atoms with E-state index in [0.29, 0.717) is 23.7 Å². The fraction of sp³-hybridized carbons (Fsp3) is 0.235. The highest BCUT2D eigenvalue weighted by Crippen LogP contribution is 2.24. The number of ether oxygens (including phenoxy) is 1. The molecular weight excluding hydrogens is 347 g/mol. The van der Waals surface area contributed by atoms with E-state index in [2.05, 4.69) is 20.0 Å². The van der Waals surface area contributed by atoms with Gasteiger partial charge >= 0.3 is 6.36 Å². The lowest BCUT2D eigenvalue weighted by molar-refractivity contribution is -0.274. The first-order valence-electron chi connectivity index (χ1n) is 7.72. The van der Waals surface area contributed by atoms with E-state index in [0.717, 1.165) is 5.69 Å². The molecule has 0 unspecified atom stereocenters. The highest BCUT2D eigenvalue weighted by Gasteiger charge is 2.31. The molecule has 0 spiro atoms. The minimum absolute atomic E-state index is 0.251. The molecular formula is C17H16F3N5O. The van der Waals surface area contributed by atoms with Crippen LogP contribution in [0.1, 0.15) is 11.3 Å². The van der Waals surface area contributed by atoms with Crippen molar-refractivity contribution in [3.63, 3.8) is 0 Å². The molecule has 0 bridgehead atoms. The maximum Gasteiger partial charge on any atom is 0.573 e. The van der Waals surface area contributed by atoms with Gasteiger partial charge in [0.2, 0.25) is 0 Å². The smallest absolute Gasteiger partial charge is 0.406 e. The molecule has 0 N–H and O–H groups in total. The maximum atomic E-state index is 12.3. The van der Waals surface area contributed by atoms with Crippen LogP contribution in [-0.2, 0) is 6.54 Å². The normalized spacial score (nSPS) is 11.4. The standard InChI is InChI=1S/C17H16F3N5O/c1-12-8-9-25(23-12)16-7-6-15(21-22-16)24(2)11-13-4-3-5-14(10-13)26-17(18,19)20/h3-10H,11H2,1-2H3. The lowest BCUT2D eigenvalue weighted by Crippen LogP contribution is -2.19. The monoisotopic (exact) mass is 363 g/mol. The largest absolute Gasteiger partial charge is 0.573 e. The summed E-state index contributed by atoms with van der Waals surface area (Å²) in [6.45, 7) is 2.23. The Kier molecular flexibility index (Phi) is 4.79. The third-order valence-corrected chi connectivity index (χ3v) is 3.54. The number of rotatable bonds is 5. The van der Waals surface area contributed by atoms with Gasteiger partial charge in [0.05, 0.1) is 5.69 Å². The van der Waals surface area contributed by atoms with Crippen molar-refractivity contribution in [1.82, 2.24) is 20.0 Å². The number of nitrogens with zero attached hydrogens (tertiary/aromatic N) is 5. The van der Waals surface area contributed by atoms with Gasteiger partial charge in [-0.3, -0.25) is 0 Å². The van der Waals surface area contributed by atoms with Gasteiger partial charge in [-0.25, -0.2) is 4.68 Å². The van der Waals surface area contributed by atoms with Crippen molar-refractivity contribution < 1.29 is 17.9 Å². The summed E-state index contributed by atoms with van der Waals surface area (Å²) in [5.41, 5.74) is 1.52. The second-order valence-corrected chi connectivity index (χ2v) is 5.70. The SMILES string of the molecule is Cc1ccn(-c2ccc(N(C)Cc3cccc(OC(F)(F)F)c3)nn2)n1. The van der Waals surface area contributed by atoms with Crippen molar-refractivity contribution in [3.8, 4) is 11.6 Å². The van der Waals surface area contributed by atoms with Gasteiger partial charge < -0.3 is 9.64 Å². The van der Waals surface area contributed by atoms with E-state index in [1.165, 1.54) is 18.2 Å². The number of aryl methyl sites for hydroxylation is 1. The molecule has 6 nitrogen and oxygen atoms in total. The van der Waals surface area contributed by atoms with E-state index < -0.39 is 6.36 Å². The Bertz CT molecular complexity index is 877. The van der Waals surface area contributed by atoms with E-state index in [1.54, 1.807) is 41.0 Å². The van der Waals surface area contributed by atoms with Crippen LogP contribution in [0.4, 0.5) is 19.0 Å². The van der Waals surface area contributed by atoms with Crippen LogP contribution in [-0.4, -0.2) is 33.4 Å². The minimum atomic E-state index is -4.71. The van der Waals surface area contributed by atoms with E-state index in [-0.39, 0.29) is 5.75 Å². The van der Waals surface area contributed by atoms with Crippen LogP contribution in [0.25, 0.3) is 5.82 Å². The van der Waals surface area contributed by atoms with Crippen molar-refractivity contribution >= 4 is 5.82 Å². The van der Waals surface area contributed by atoms with Crippen molar-refractivity contribution in [2.24, 2.45) is 0 Å². The summed E-state index contributed by atoms with van der Waals surface area (Å²) in [5.74, 6) is 0.912. The molecule has 2 aromatic heterocycles. The molecule has 0 fully saturated rings. The highest BCUT2D eigenvalue weighted by atomic mass is 19.4. The average molecular weight is 363 g/mol. The van der Waals surface area contributed by atoms with Crippen LogP contribution in [0.3, 0.4) is 0 Å². The zero-order chi connectivity index (χ0) is 18.7. The van der Waals surface area contributed by atoms with Crippen LogP contribution < -0.4 is 9.64 Å². The fourth-order valence-corrected chi connectivity index (χ4v) is 2.38. The first-order valence-corrected chi connectivity index (χ1v) is 7.72. The zero-order valence-corrected chi connectivity index (χ0v) is 14.1. The van der Waals surface area contributed by atoms with Crippen LogP contribution >= 0.6 is 0 Å². The molecule has 0 aliphatic heterocycles. The number of halogens is 3. The Morgan fingerprint density at radius 3 is 2.54 bits per heavy atom. The van der Waals surface area contributed by atoms with Crippen molar-refractivity contribution in [3.05, 3.63) is 59.9 Å². The molecule has 26 heavy (non-hydrogen) atoms. The first-order chi connectivity index (χ1) is 12.3. The first kappa shape index (κ1) is 17.7. The Morgan fingerprint density at radius 2 is 1.92 bits per heavy atom.